The van der Waals surface area contributed by atoms with E-state index in [0.717, 1.165) is 64.6 Å². The van der Waals surface area contributed by atoms with Crippen molar-refractivity contribution < 1.29 is 32.6 Å². The molecule has 3 aliphatic heterocycles. The summed E-state index contributed by atoms with van der Waals surface area (Å²) in [6, 6.07) is 12.1. The molecule has 0 bridgehead atoms. The van der Waals surface area contributed by atoms with Crippen LogP contribution in [0.4, 0.5) is 5.69 Å². The normalized spacial score (nSPS) is 17.3. The summed E-state index contributed by atoms with van der Waals surface area (Å²) < 4.78 is 50.2. The van der Waals surface area contributed by atoms with Gasteiger partial charge in [0.15, 0.2) is 28.8 Å². The summed E-state index contributed by atoms with van der Waals surface area (Å²) in [6.45, 7) is 5.19. The third kappa shape index (κ3) is 4.02. The predicted octanol–water partition coefficient (Wildman–Crippen LogP) is 7.24. The molecule has 9 heteroatoms. The molecule has 1 atom stereocenters. The summed E-state index contributed by atoms with van der Waals surface area (Å²) in [4.78, 5) is 2.03. The number of hydrogen-bond acceptors (Lipinski definition) is 8. The summed E-state index contributed by atoms with van der Waals surface area (Å²) in [6.07, 6.45) is 3.44. The molecular weight excluding hydrogens is 493 g/mol. The molecule has 0 fully saturated rings. The van der Waals surface area contributed by atoms with Gasteiger partial charge >= 0.3 is 7.60 Å². The van der Waals surface area contributed by atoms with Crippen LogP contribution in [-0.2, 0) is 13.6 Å². The van der Waals surface area contributed by atoms with Crippen LogP contribution < -0.4 is 23.8 Å². The molecule has 0 saturated heterocycles. The van der Waals surface area contributed by atoms with Gasteiger partial charge in [0.1, 0.15) is 0 Å². The van der Waals surface area contributed by atoms with Crippen molar-refractivity contribution in [2.45, 2.75) is 45.3 Å². The van der Waals surface area contributed by atoms with Gasteiger partial charge in [-0.05, 0) is 48.1 Å². The Hall–Kier alpha value is -2.93. The van der Waals surface area contributed by atoms with Crippen LogP contribution in [0, 0.1) is 0 Å². The average molecular weight is 526 g/mol. The van der Waals surface area contributed by atoms with Crippen molar-refractivity contribution in [3.8, 4) is 34.1 Å². The topological polar surface area (TPSA) is 75.7 Å². The Morgan fingerprint density at radius 1 is 0.865 bits per heavy atom. The number of rotatable bonds is 9. The first-order valence-electron chi connectivity index (χ1n) is 13.0. The van der Waals surface area contributed by atoms with E-state index < -0.39 is 13.4 Å². The monoisotopic (exact) mass is 525 g/mol. The van der Waals surface area contributed by atoms with E-state index >= 15 is 0 Å². The molecule has 3 heterocycles. The fraction of sp³-hybridized carbons (Fsp3) is 0.429. The van der Waals surface area contributed by atoms with Crippen LogP contribution in [0.15, 0.2) is 36.4 Å². The van der Waals surface area contributed by atoms with Gasteiger partial charge in [-0.2, -0.15) is 0 Å². The molecular formula is C28H32NO7P. The van der Waals surface area contributed by atoms with Crippen molar-refractivity contribution in [3.63, 3.8) is 0 Å². The number of anilines is 1. The minimum Gasteiger partial charge on any atom is -0.454 e. The second kappa shape index (κ2) is 9.75. The van der Waals surface area contributed by atoms with Gasteiger partial charge in [0.2, 0.25) is 13.6 Å². The predicted molar refractivity (Wildman–Crippen MR) is 142 cm³/mol. The molecule has 8 nitrogen and oxygen atoms in total. The third-order valence-electron chi connectivity index (χ3n) is 7.17. The first kappa shape index (κ1) is 24.4. The number of fused-ring (bicyclic) bond motifs is 8. The molecule has 3 aromatic carbocycles. The van der Waals surface area contributed by atoms with Gasteiger partial charge in [0.05, 0.1) is 18.9 Å². The van der Waals surface area contributed by atoms with Crippen LogP contribution in [0.1, 0.15) is 50.9 Å². The van der Waals surface area contributed by atoms with Crippen molar-refractivity contribution in [3.05, 3.63) is 42.0 Å². The van der Waals surface area contributed by atoms with Crippen LogP contribution in [0.25, 0.3) is 21.9 Å². The smallest absolute Gasteiger partial charge is 0.357 e. The molecule has 0 N–H and O–H groups in total. The highest BCUT2D eigenvalue weighted by atomic mass is 31.2. The third-order valence-corrected chi connectivity index (χ3v) is 9.46. The van der Waals surface area contributed by atoms with Crippen molar-refractivity contribution in [2.24, 2.45) is 0 Å². The van der Waals surface area contributed by atoms with E-state index in [4.69, 9.17) is 28.0 Å². The number of unbranched alkanes of at least 4 members (excludes halogenated alkanes) is 2. The Kier molecular flexibility index (Phi) is 6.43. The molecule has 6 rings (SSSR count). The quantitative estimate of drug-likeness (QED) is 0.214. The second-order valence-electron chi connectivity index (χ2n) is 9.55. The maximum atomic E-state index is 14.8. The van der Waals surface area contributed by atoms with Gasteiger partial charge in [0, 0.05) is 23.6 Å². The Balaban J connectivity index is 1.57. The van der Waals surface area contributed by atoms with E-state index in [2.05, 4.69) is 26.0 Å². The number of benzene rings is 3. The van der Waals surface area contributed by atoms with E-state index in [1.807, 2.05) is 36.2 Å². The number of nitrogens with zero attached hydrogens (tertiary/aromatic N) is 1. The Labute approximate surface area is 216 Å². The highest BCUT2D eigenvalue weighted by Gasteiger charge is 2.48. The SMILES string of the molecule is CCCCOP(=O)(OCCCC)C1c2c(ccc3c2OCO3)-c2ccc3cc4c(cc3c2N1C)OCO4. The lowest BCUT2D eigenvalue weighted by atomic mass is 9.89. The highest BCUT2D eigenvalue weighted by Crippen LogP contribution is 2.69. The van der Waals surface area contributed by atoms with E-state index in [9.17, 15) is 4.57 Å². The molecule has 37 heavy (non-hydrogen) atoms. The maximum absolute atomic E-state index is 14.8. The lowest BCUT2D eigenvalue weighted by molar-refractivity contribution is 0.171. The fourth-order valence-corrected chi connectivity index (χ4v) is 7.55. The maximum Gasteiger partial charge on any atom is 0.357 e. The van der Waals surface area contributed by atoms with Crippen LogP contribution in [-0.4, -0.2) is 33.8 Å². The van der Waals surface area contributed by atoms with Crippen molar-refractivity contribution in [2.75, 3.05) is 38.7 Å². The van der Waals surface area contributed by atoms with E-state index in [1.54, 1.807) is 0 Å². The molecule has 1 unspecified atom stereocenters. The van der Waals surface area contributed by atoms with Crippen LogP contribution in [0.3, 0.4) is 0 Å². The van der Waals surface area contributed by atoms with Crippen LogP contribution in [0.2, 0.25) is 0 Å². The largest absolute Gasteiger partial charge is 0.454 e. The first-order valence-corrected chi connectivity index (χ1v) is 14.6. The van der Waals surface area contributed by atoms with Crippen LogP contribution in [0.5, 0.6) is 23.0 Å². The summed E-state index contributed by atoms with van der Waals surface area (Å²) >= 11 is 0. The van der Waals surface area contributed by atoms with Gasteiger partial charge < -0.3 is 32.9 Å². The molecule has 3 aromatic rings. The zero-order valence-corrected chi connectivity index (χ0v) is 22.3. The minimum absolute atomic E-state index is 0.119. The highest BCUT2D eigenvalue weighted by molar-refractivity contribution is 7.54. The molecule has 3 aliphatic rings. The van der Waals surface area contributed by atoms with Gasteiger partial charge in [-0.15, -0.1) is 0 Å². The van der Waals surface area contributed by atoms with Gasteiger partial charge in [0.25, 0.3) is 0 Å². The second-order valence-corrected chi connectivity index (χ2v) is 11.6. The Morgan fingerprint density at radius 2 is 1.51 bits per heavy atom. The van der Waals surface area contributed by atoms with Crippen molar-refractivity contribution in [1.82, 2.24) is 0 Å². The minimum atomic E-state index is -3.69. The van der Waals surface area contributed by atoms with E-state index in [0.29, 0.717) is 30.5 Å². The molecule has 0 aliphatic carbocycles. The Bertz CT molecular complexity index is 1380. The standard InChI is InChI=1S/C28H32NO7P/c1-4-6-12-35-37(30,36-13-7-5-2)28-25-19(10-11-22-27(25)34-17-31-22)20-9-8-18-14-23-24(33-16-32-23)15-21(18)26(20)29(28)3/h8-11,14-15,28H,4-7,12-13,16-17H2,1-3H3. The van der Waals surface area contributed by atoms with Gasteiger partial charge in [-0.1, -0.05) is 38.8 Å². The van der Waals surface area contributed by atoms with E-state index in [1.165, 1.54) is 0 Å². The molecule has 0 spiro atoms. The number of ether oxygens (including phenoxy) is 4. The lowest BCUT2D eigenvalue weighted by Gasteiger charge is -2.41. The summed E-state index contributed by atoms with van der Waals surface area (Å²) in [5.74, 6) is 1.95. The first-order chi connectivity index (χ1) is 18.1. The molecule has 0 saturated carbocycles. The molecule has 0 aromatic heterocycles. The van der Waals surface area contributed by atoms with E-state index in [-0.39, 0.29) is 13.6 Å². The van der Waals surface area contributed by atoms with Crippen LogP contribution >= 0.6 is 7.60 Å². The molecule has 196 valence electrons. The summed E-state index contributed by atoms with van der Waals surface area (Å²) in [5.41, 5.74) is 3.65. The zero-order chi connectivity index (χ0) is 25.6. The summed E-state index contributed by atoms with van der Waals surface area (Å²) in [7, 11) is -1.74. The Morgan fingerprint density at radius 3 is 2.24 bits per heavy atom. The van der Waals surface area contributed by atoms with Crippen molar-refractivity contribution in [1.29, 1.82) is 0 Å². The fourth-order valence-electron chi connectivity index (χ4n) is 5.32. The average Bonchev–Trinajstić information content (AvgIpc) is 3.56. The summed E-state index contributed by atoms with van der Waals surface area (Å²) in [5, 5.41) is 1.98. The van der Waals surface area contributed by atoms with Gasteiger partial charge in [-0.3, -0.25) is 4.57 Å². The molecule has 0 radical (unpaired) electrons. The lowest BCUT2D eigenvalue weighted by Crippen LogP contribution is -2.30. The zero-order valence-electron chi connectivity index (χ0n) is 21.5. The van der Waals surface area contributed by atoms with Gasteiger partial charge in [-0.25, -0.2) is 0 Å². The molecule has 0 amide bonds. The van der Waals surface area contributed by atoms with Crippen molar-refractivity contribution >= 4 is 24.1 Å². The number of hydrogen-bond donors (Lipinski definition) is 0.